The standard InChI is InChI=1S/C11H24N2/c1-5-11(2,3)13(4)8-10(12)9-6-7-9/h9-10H,5-8,12H2,1-4H3. The lowest BCUT2D eigenvalue weighted by atomic mass is 9.99. The summed E-state index contributed by atoms with van der Waals surface area (Å²) in [4.78, 5) is 2.40. The Morgan fingerprint density at radius 1 is 1.46 bits per heavy atom. The molecular weight excluding hydrogens is 160 g/mol. The molecule has 1 atom stereocenters. The Morgan fingerprint density at radius 3 is 2.38 bits per heavy atom. The summed E-state index contributed by atoms with van der Waals surface area (Å²) in [5.41, 5.74) is 6.39. The van der Waals surface area contributed by atoms with E-state index in [1.165, 1.54) is 19.3 Å². The van der Waals surface area contributed by atoms with Gasteiger partial charge in [0.2, 0.25) is 0 Å². The van der Waals surface area contributed by atoms with E-state index in [2.05, 4.69) is 32.7 Å². The van der Waals surface area contributed by atoms with Crippen LogP contribution in [0.3, 0.4) is 0 Å². The molecule has 13 heavy (non-hydrogen) atoms. The van der Waals surface area contributed by atoms with Crippen LogP contribution in [-0.2, 0) is 0 Å². The van der Waals surface area contributed by atoms with Crippen LogP contribution in [0.15, 0.2) is 0 Å². The molecule has 2 N–H and O–H groups in total. The highest BCUT2D eigenvalue weighted by molar-refractivity contribution is 4.88. The monoisotopic (exact) mass is 184 g/mol. The third-order valence-electron chi connectivity index (χ3n) is 3.61. The maximum absolute atomic E-state index is 6.09. The summed E-state index contributed by atoms with van der Waals surface area (Å²) in [5.74, 6) is 0.815. The summed E-state index contributed by atoms with van der Waals surface area (Å²) in [6, 6.07) is 0.399. The topological polar surface area (TPSA) is 29.3 Å². The van der Waals surface area contributed by atoms with Gasteiger partial charge in [0, 0.05) is 18.1 Å². The molecule has 0 bridgehead atoms. The molecule has 0 amide bonds. The van der Waals surface area contributed by atoms with Crippen LogP contribution in [0.2, 0.25) is 0 Å². The smallest absolute Gasteiger partial charge is 0.0196 e. The zero-order valence-electron chi connectivity index (χ0n) is 9.51. The predicted octanol–water partition coefficient (Wildman–Crippen LogP) is 1.84. The van der Waals surface area contributed by atoms with Crippen molar-refractivity contribution in [2.24, 2.45) is 11.7 Å². The molecule has 0 aromatic rings. The number of rotatable bonds is 5. The molecule has 0 radical (unpaired) electrons. The van der Waals surface area contributed by atoms with E-state index in [0.717, 1.165) is 12.5 Å². The summed E-state index contributed by atoms with van der Waals surface area (Å²) < 4.78 is 0. The third-order valence-corrected chi connectivity index (χ3v) is 3.61. The molecule has 1 fully saturated rings. The fourth-order valence-electron chi connectivity index (χ4n) is 1.51. The van der Waals surface area contributed by atoms with Gasteiger partial charge in [-0.05, 0) is 46.1 Å². The SMILES string of the molecule is CCC(C)(C)N(C)CC(N)C1CC1. The lowest BCUT2D eigenvalue weighted by molar-refractivity contribution is 0.138. The van der Waals surface area contributed by atoms with Crippen LogP contribution in [-0.4, -0.2) is 30.1 Å². The van der Waals surface area contributed by atoms with Crippen molar-refractivity contribution in [3.8, 4) is 0 Å². The van der Waals surface area contributed by atoms with Crippen LogP contribution in [0, 0.1) is 5.92 Å². The molecule has 1 aliphatic rings. The Kier molecular flexibility index (Phi) is 3.36. The van der Waals surface area contributed by atoms with Crippen LogP contribution >= 0.6 is 0 Å². The maximum Gasteiger partial charge on any atom is 0.0196 e. The molecule has 1 saturated carbocycles. The molecule has 1 rings (SSSR count). The van der Waals surface area contributed by atoms with Crippen molar-refractivity contribution >= 4 is 0 Å². The van der Waals surface area contributed by atoms with Gasteiger partial charge in [0.25, 0.3) is 0 Å². The molecule has 0 spiro atoms. The lowest BCUT2D eigenvalue weighted by Crippen LogP contribution is -2.47. The van der Waals surface area contributed by atoms with E-state index in [4.69, 9.17) is 5.73 Å². The molecule has 0 aromatic carbocycles. The molecular formula is C11H24N2. The summed E-state index contributed by atoms with van der Waals surface area (Å²) in [6.45, 7) is 7.85. The van der Waals surface area contributed by atoms with Crippen molar-refractivity contribution in [3.05, 3.63) is 0 Å². The van der Waals surface area contributed by atoms with Crippen molar-refractivity contribution in [3.63, 3.8) is 0 Å². The lowest BCUT2D eigenvalue weighted by Gasteiger charge is -2.36. The normalized spacial score (nSPS) is 20.8. The van der Waals surface area contributed by atoms with Crippen molar-refractivity contribution in [1.29, 1.82) is 0 Å². The molecule has 0 aromatic heterocycles. The number of nitrogens with two attached hydrogens (primary N) is 1. The van der Waals surface area contributed by atoms with Crippen molar-refractivity contribution in [2.75, 3.05) is 13.6 Å². The molecule has 0 saturated heterocycles. The van der Waals surface area contributed by atoms with Gasteiger partial charge in [0.05, 0.1) is 0 Å². The quantitative estimate of drug-likeness (QED) is 0.706. The van der Waals surface area contributed by atoms with E-state index in [9.17, 15) is 0 Å². The number of hydrogen-bond acceptors (Lipinski definition) is 2. The van der Waals surface area contributed by atoms with Gasteiger partial charge < -0.3 is 5.73 Å². The van der Waals surface area contributed by atoms with Gasteiger partial charge in [-0.1, -0.05) is 6.92 Å². The number of nitrogens with zero attached hydrogens (tertiary/aromatic N) is 1. The van der Waals surface area contributed by atoms with Gasteiger partial charge in [0.1, 0.15) is 0 Å². The van der Waals surface area contributed by atoms with Gasteiger partial charge in [-0.25, -0.2) is 0 Å². The van der Waals surface area contributed by atoms with Crippen LogP contribution in [0.25, 0.3) is 0 Å². The first-order valence-electron chi connectivity index (χ1n) is 5.44. The Balaban J connectivity index is 2.34. The van der Waals surface area contributed by atoms with Crippen molar-refractivity contribution in [2.45, 2.75) is 51.6 Å². The molecule has 1 aliphatic carbocycles. The Labute approximate surface area is 82.5 Å². The fraction of sp³-hybridized carbons (Fsp3) is 1.00. The van der Waals surface area contributed by atoms with Gasteiger partial charge in [0.15, 0.2) is 0 Å². The van der Waals surface area contributed by atoms with E-state index in [0.29, 0.717) is 11.6 Å². The second kappa shape index (κ2) is 3.97. The average molecular weight is 184 g/mol. The molecule has 0 heterocycles. The Bertz CT molecular complexity index is 161. The van der Waals surface area contributed by atoms with Crippen LogP contribution < -0.4 is 5.73 Å². The summed E-state index contributed by atoms with van der Waals surface area (Å²) in [7, 11) is 2.19. The number of hydrogen-bond donors (Lipinski definition) is 1. The van der Waals surface area contributed by atoms with Crippen LogP contribution in [0.4, 0.5) is 0 Å². The van der Waals surface area contributed by atoms with Crippen LogP contribution in [0.1, 0.15) is 40.0 Å². The first-order valence-corrected chi connectivity index (χ1v) is 5.44. The second-order valence-corrected chi connectivity index (χ2v) is 5.05. The van der Waals surface area contributed by atoms with Crippen molar-refractivity contribution < 1.29 is 0 Å². The van der Waals surface area contributed by atoms with Crippen molar-refractivity contribution in [1.82, 2.24) is 4.90 Å². The summed E-state index contributed by atoms with van der Waals surface area (Å²) in [6.07, 6.45) is 3.88. The third kappa shape index (κ3) is 2.96. The summed E-state index contributed by atoms with van der Waals surface area (Å²) in [5, 5.41) is 0. The van der Waals surface area contributed by atoms with Crippen LogP contribution in [0.5, 0.6) is 0 Å². The second-order valence-electron chi connectivity index (χ2n) is 5.05. The zero-order chi connectivity index (χ0) is 10.1. The molecule has 1 unspecified atom stereocenters. The molecule has 2 nitrogen and oxygen atoms in total. The minimum absolute atomic E-state index is 0.298. The highest BCUT2D eigenvalue weighted by Gasteiger charge is 2.31. The largest absolute Gasteiger partial charge is 0.326 e. The van der Waals surface area contributed by atoms with Gasteiger partial charge in [-0.15, -0.1) is 0 Å². The van der Waals surface area contributed by atoms with Gasteiger partial charge >= 0.3 is 0 Å². The first-order chi connectivity index (χ1) is 5.97. The highest BCUT2D eigenvalue weighted by atomic mass is 15.2. The summed E-state index contributed by atoms with van der Waals surface area (Å²) >= 11 is 0. The molecule has 0 aliphatic heterocycles. The van der Waals surface area contributed by atoms with Gasteiger partial charge in [-0.2, -0.15) is 0 Å². The van der Waals surface area contributed by atoms with E-state index in [-0.39, 0.29) is 0 Å². The van der Waals surface area contributed by atoms with E-state index in [1.807, 2.05) is 0 Å². The average Bonchev–Trinajstić information content (AvgIpc) is 2.86. The van der Waals surface area contributed by atoms with Gasteiger partial charge in [-0.3, -0.25) is 4.90 Å². The fourth-order valence-corrected chi connectivity index (χ4v) is 1.51. The Morgan fingerprint density at radius 2 is 2.00 bits per heavy atom. The molecule has 2 heteroatoms. The minimum atomic E-state index is 0.298. The van der Waals surface area contributed by atoms with E-state index >= 15 is 0 Å². The minimum Gasteiger partial charge on any atom is -0.326 e. The van der Waals surface area contributed by atoms with E-state index < -0.39 is 0 Å². The zero-order valence-corrected chi connectivity index (χ0v) is 9.51. The first kappa shape index (κ1) is 11.0. The number of likely N-dealkylation sites (N-methyl/N-ethyl adjacent to an activating group) is 1. The van der Waals surface area contributed by atoms with E-state index in [1.54, 1.807) is 0 Å². The predicted molar refractivity (Wildman–Crippen MR) is 57.7 cm³/mol. The Hall–Kier alpha value is -0.0800. The maximum atomic E-state index is 6.09. The highest BCUT2D eigenvalue weighted by Crippen LogP contribution is 2.32. The molecule has 78 valence electrons.